The van der Waals surface area contributed by atoms with Gasteiger partial charge in [0, 0.05) is 25.9 Å². The second-order valence-electron chi connectivity index (χ2n) is 8.47. The van der Waals surface area contributed by atoms with Crippen molar-refractivity contribution in [2.45, 2.75) is 69.1 Å². The number of hydrogen-bond acceptors (Lipinski definition) is 5. The van der Waals surface area contributed by atoms with Gasteiger partial charge in [-0.2, -0.15) is 0 Å². The molecule has 28 heavy (non-hydrogen) atoms. The molecule has 0 radical (unpaired) electrons. The van der Waals surface area contributed by atoms with E-state index in [9.17, 15) is 4.79 Å². The fourth-order valence-corrected chi connectivity index (χ4v) is 4.97. The number of ether oxygens (including phenoxy) is 1. The Balaban J connectivity index is 1.37. The van der Waals surface area contributed by atoms with Gasteiger partial charge in [-0.05, 0) is 50.7 Å². The maximum atomic E-state index is 12.8. The van der Waals surface area contributed by atoms with Gasteiger partial charge in [0.2, 0.25) is 0 Å². The van der Waals surface area contributed by atoms with Crippen molar-refractivity contribution in [2.24, 2.45) is 4.99 Å². The van der Waals surface area contributed by atoms with E-state index in [-0.39, 0.29) is 17.6 Å². The normalized spacial score (nSPS) is 28.2. The molecular weight excluding hydrogens is 354 g/mol. The first-order valence-electron chi connectivity index (χ1n) is 10.7. The van der Waals surface area contributed by atoms with Gasteiger partial charge in [0.15, 0.2) is 5.82 Å². The molecule has 3 aliphatic heterocycles. The third-order valence-corrected chi connectivity index (χ3v) is 6.64. The molecule has 0 bridgehead atoms. The van der Waals surface area contributed by atoms with E-state index in [0.717, 1.165) is 56.1 Å². The average molecular weight is 383 g/mol. The van der Waals surface area contributed by atoms with Crippen molar-refractivity contribution in [2.75, 3.05) is 30.3 Å². The van der Waals surface area contributed by atoms with E-state index in [1.165, 1.54) is 25.7 Å². The Morgan fingerprint density at radius 1 is 1.21 bits per heavy atom. The predicted molar refractivity (Wildman–Crippen MR) is 109 cm³/mol. The zero-order chi connectivity index (χ0) is 19.0. The lowest BCUT2D eigenvalue weighted by Gasteiger charge is -2.46. The minimum Gasteiger partial charge on any atom is -0.370 e. The van der Waals surface area contributed by atoms with Crippen molar-refractivity contribution >= 4 is 23.2 Å². The van der Waals surface area contributed by atoms with Crippen LogP contribution in [0.5, 0.6) is 0 Å². The molecule has 1 atom stereocenters. The molecular formula is C21H29N5O2. The van der Waals surface area contributed by atoms with Gasteiger partial charge in [0.05, 0.1) is 17.3 Å². The monoisotopic (exact) mass is 383 g/mol. The lowest BCUT2D eigenvalue weighted by Crippen LogP contribution is -2.60. The molecule has 7 heteroatoms. The maximum Gasteiger partial charge on any atom is 0.251 e. The lowest BCUT2D eigenvalue weighted by molar-refractivity contribution is -0.142. The van der Waals surface area contributed by atoms with Crippen molar-refractivity contribution in [1.82, 2.24) is 9.88 Å². The summed E-state index contributed by atoms with van der Waals surface area (Å²) >= 11 is 0. The first-order chi connectivity index (χ1) is 13.7. The highest BCUT2D eigenvalue weighted by Gasteiger charge is 2.45. The van der Waals surface area contributed by atoms with Gasteiger partial charge in [-0.25, -0.2) is 4.98 Å². The number of hydrogen-bond donors (Lipinski definition) is 2. The average Bonchev–Trinajstić information content (AvgIpc) is 3.43. The third kappa shape index (κ3) is 3.26. The fourth-order valence-electron chi connectivity index (χ4n) is 4.97. The summed E-state index contributed by atoms with van der Waals surface area (Å²) in [7, 11) is 0. The summed E-state index contributed by atoms with van der Waals surface area (Å²) in [5.74, 6) is 2.02. The molecule has 5 rings (SSSR count). The Kier molecular flexibility index (Phi) is 4.70. The minimum atomic E-state index is -0.244. The maximum absolute atomic E-state index is 12.8. The number of amidine groups is 1. The first kappa shape index (κ1) is 17.9. The second-order valence-corrected chi connectivity index (χ2v) is 8.47. The van der Waals surface area contributed by atoms with Gasteiger partial charge in [-0.15, -0.1) is 0 Å². The summed E-state index contributed by atoms with van der Waals surface area (Å²) in [6.45, 7) is 2.17. The van der Waals surface area contributed by atoms with Crippen LogP contribution in [-0.2, 0) is 9.53 Å². The number of fused-ring (bicyclic) bond motifs is 1. The van der Waals surface area contributed by atoms with E-state index < -0.39 is 0 Å². The Bertz CT molecular complexity index is 760. The largest absolute Gasteiger partial charge is 0.370 e. The highest BCUT2D eigenvalue weighted by atomic mass is 16.5. The molecule has 2 N–H and O–H groups in total. The van der Waals surface area contributed by atoms with Gasteiger partial charge < -0.3 is 20.3 Å². The van der Waals surface area contributed by atoms with E-state index >= 15 is 0 Å². The summed E-state index contributed by atoms with van der Waals surface area (Å²) in [4.78, 5) is 24.4. The number of piperidine rings is 1. The number of nitrogens with zero attached hydrogens (tertiary/aromatic N) is 3. The van der Waals surface area contributed by atoms with Crippen LogP contribution in [0.4, 0.5) is 11.5 Å². The smallest absolute Gasteiger partial charge is 0.251 e. The summed E-state index contributed by atoms with van der Waals surface area (Å²) in [6, 6.07) is 4.42. The van der Waals surface area contributed by atoms with Crippen LogP contribution >= 0.6 is 0 Å². The number of rotatable bonds is 2. The van der Waals surface area contributed by atoms with Crippen LogP contribution in [-0.4, -0.2) is 59.0 Å². The number of nitrogens with one attached hydrogen (secondary N) is 2. The molecule has 1 aromatic rings. The van der Waals surface area contributed by atoms with Crippen molar-refractivity contribution < 1.29 is 9.53 Å². The molecule has 3 fully saturated rings. The Labute approximate surface area is 165 Å². The number of aliphatic imine (C=N–C) groups is 1. The summed E-state index contributed by atoms with van der Waals surface area (Å²) in [6.07, 6.45) is 9.97. The number of aromatic nitrogens is 1. The third-order valence-electron chi connectivity index (χ3n) is 6.64. The summed E-state index contributed by atoms with van der Waals surface area (Å²) in [5, 5.41) is 7.27. The molecule has 0 unspecified atom stereocenters. The highest BCUT2D eigenvalue weighted by Crippen LogP contribution is 2.37. The predicted octanol–water partition coefficient (Wildman–Crippen LogP) is 2.80. The Hall–Kier alpha value is -2.15. The summed E-state index contributed by atoms with van der Waals surface area (Å²) < 4.78 is 5.61. The Morgan fingerprint density at radius 3 is 2.79 bits per heavy atom. The number of likely N-dealkylation sites (tertiary alicyclic amines) is 1. The zero-order valence-corrected chi connectivity index (χ0v) is 16.3. The molecule has 1 amide bonds. The molecule has 1 saturated carbocycles. The van der Waals surface area contributed by atoms with E-state index in [0.29, 0.717) is 12.6 Å². The first-order valence-corrected chi connectivity index (χ1v) is 10.7. The minimum absolute atomic E-state index is 0.160. The van der Waals surface area contributed by atoms with Crippen LogP contribution in [0, 0.1) is 0 Å². The van der Waals surface area contributed by atoms with Crippen molar-refractivity contribution in [3.05, 3.63) is 18.3 Å². The van der Waals surface area contributed by atoms with E-state index in [1.54, 1.807) is 0 Å². The molecule has 1 aliphatic carbocycles. The van der Waals surface area contributed by atoms with Crippen LogP contribution in [0.2, 0.25) is 0 Å². The second kappa shape index (κ2) is 7.35. The van der Waals surface area contributed by atoms with Gasteiger partial charge in [0.25, 0.3) is 5.91 Å². The van der Waals surface area contributed by atoms with E-state index in [2.05, 4.69) is 21.7 Å². The number of carbonyl (C=O) groups excluding carboxylic acids is 1. The van der Waals surface area contributed by atoms with Crippen LogP contribution in [0.15, 0.2) is 23.3 Å². The van der Waals surface area contributed by atoms with Crippen molar-refractivity contribution in [1.29, 1.82) is 0 Å². The van der Waals surface area contributed by atoms with Crippen LogP contribution in [0.25, 0.3) is 0 Å². The number of anilines is 2. The SMILES string of the molecule is O=C([C@@H]1CCCO1)N1CCC2(CC1)Nc1cccnc1NC2=NC1CCCC1. The molecule has 1 aromatic heterocycles. The molecule has 4 aliphatic rings. The zero-order valence-electron chi connectivity index (χ0n) is 16.3. The molecule has 4 heterocycles. The quantitative estimate of drug-likeness (QED) is 0.821. The lowest BCUT2D eigenvalue weighted by atomic mass is 9.83. The van der Waals surface area contributed by atoms with E-state index in [1.807, 2.05) is 17.2 Å². The molecule has 7 nitrogen and oxygen atoms in total. The topological polar surface area (TPSA) is 78.8 Å². The molecule has 1 spiro atoms. The van der Waals surface area contributed by atoms with Gasteiger partial charge in [0.1, 0.15) is 11.9 Å². The summed E-state index contributed by atoms with van der Waals surface area (Å²) in [5.41, 5.74) is 0.776. The van der Waals surface area contributed by atoms with Crippen molar-refractivity contribution in [3.63, 3.8) is 0 Å². The molecule has 150 valence electrons. The van der Waals surface area contributed by atoms with Crippen LogP contribution < -0.4 is 10.6 Å². The van der Waals surface area contributed by atoms with Gasteiger partial charge in [-0.1, -0.05) is 12.8 Å². The standard InChI is InChI=1S/C21H29N5O2/c27-19(17-8-4-14-28-17)26-12-9-21(10-13-26)20(23-15-5-1-2-6-15)24-18-16(25-21)7-3-11-22-18/h3,7,11,15,17,25H,1-2,4-6,8-10,12-14H2,(H,22,23,24)/t17-/m0/s1. The fraction of sp³-hybridized carbons (Fsp3) is 0.667. The number of carbonyl (C=O) groups is 1. The van der Waals surface area contributed by atoms with Crippen LogP contribution in [0.3, 0.4) is 0 Å². The van der Waals surface area contributed by atoms with Crippen LogP contribution in [0.1, 0.15) is 51.4 Å². The Morgan fingerprint density at radius 2 is 2.04 bits per heavy atom. The van der Waals surface area contributed by atoms with Crippen molar-refractivity contribution in [3.8, 4) is 0 Å². The molecule has 2 saturated heterocycles. The highest BCUT2D eigenvalue weighted by molar-refractivity contribution is 6.08. The number of amides is 1. The molecule has 0 aromatic carbocycles. The van der Waals surface area contributed by atoms with Gasteiger partial charge in [-0.3, -0.25) is 9.79 Å². The van der Waals surface area contributed by atoms with E-state index in [4.69, 9.17) is 9.73 Å². The number of pyridine rings is 1. The van der Waals surface area contributed by atoms with Gasteiger partial charge >= 0.3 is 0 Å².